The average Bonchev–Trinajstić information content (AvgIpc) is 3.07. The van der Waals surface area contributed by atoms with E-state index in [1.807, 2.05) is 62.4 Å². The van der Waals surface area contributed by atoms with Gasteiger partial charge in [-0.15, -0.1) is 0 Å². The molecule has 0 spiro atoms. The predicted octanol–water partition coefficient (Wildman–Crippen LogP) is 4.22. The van der Waals surface area contributed by atoms with Crippen LogP contribution in [0.15, 0.2) is 54.9 Å². The first-order chi connectivity index (χ1) is 13.6. The van der Waals surface area contributed by atoms with Crippen molar-refractivity contribution in [2.75, 3.05) is 10.6 Å². The normalized spacial score (nSPS) is 10.6. The summed E-state index contributed by atoms with van der Waals surface area (Å²) < 4.78 is 1.84. The van der Waals surface area contributed by atoms with Crippen molar-refractivity contribution in [2.45, 2.75) is 13.8 Å². The van der Waals surface area contributed by atoms with Gasteiger partial charge in [-0.1, -0.05) is 24.3 Å². The number of hydrogen-bond donors (Lipinski definition) is 3. The Morgan fingerprint density at radius 2 is 1.43 bits per heavy atom. The molecular weight excluding hydrogens is 372 g/mol. The van der Waals surface area contributed by atoms with Gasteiger partial charge in [-0.3, -0.25) is 5.10 Å². The van der Waals surface area contributed by atoms with Crippen LogP contribution < -0.4 is 10.6 Å². The van der Waals surface area contributed by atoms with E-state index in [1.54, 1.807) is 0 Å². The van der Waals surface area contributed by atoms with Gasteiger partial charge in [0.1, 0.15) is 6.33 Å². The third-order valence-electron chi connectivity index (χ3n) is 3.93. The third kappa shape index (κ3) is 4.04. The van der Waals surface area contributed by atoms with E-state index in [-0.39, 0.29) is 0 Å². The minimum atomic E-state index is 0.328. The van der Waals surface area contributed by atoms with Crippen LogP contribution in [0, 0.1) is 18.6 Å². The van der Waals surface area contributed by atoms with E-state index in [2.05, 4.69) is 35.7 Å². The monoisotopic (exact) mass is 390 g/mol. The molecule has 0 fully saturated rings. The zero-order chi connectivity index (χ0) is 19.5. The maximum absolute atomic E-state index is 5.23. The molecule has 0 saturated heterocycles. The SMILES string of the molecule is Cc1cccc(Nc2nc(Nc3cccc(C)c3)nc(-n3[nH]cnc3=S)n2)c1. The molecule has 2 aromatic carbocycles. The van der Waals surface area contributed by atoms with E-state index in [0.717, 1.165) is 22.5 Å². The molecule has 2 aromatic heterocycles. The fraction of sp³-hybridized carbons (Fsp3) is 0.105. The highest BCUT2D eigenvalue weighted by molar-refractivity contribution is 7.71. The Balaban J connectivity index is 1.74. The molecule has 4 rings (SSSR count). The number of aryl methyl sites for hydroxylation is 2. The van der Waals surface area contributed by atoms with E-state index in [9.17, 15) is 0 Å². The summed E-state index contributed by atoms with van der Waals surface area (Å²) in [5.41, 5.74) is 4.03. The highest BCUT2D eigenvalue weighted by atomic mass is 32.1. The van der Waals surface area contributed by atoms with E-state index < -0.39 is 0 Å². The van der Waals surface area contributed by atoms with Crippen molar-refractivity contribution in [3.05, 3.63) is 70.8 Å². The number of benzene rings is 2. The van der Waals surface area contributed by atoms with Gasteiger partial charge in [-0.25, -0.2) is 4.98 Å². The number of aromatic amines is 1. The molecule has 0 aliphatic rings. The first-order valence-corrected chi connectivity index (χ1v) is 9.04. The molecule has 0 unspecified atom stereocenters. The zero-order valence-electron chi connectivity index (χ0n) is 15.3. The van der Waals surface area contributed by atoms with Gasteiger partial charge in [0.05, 0.1) is 0 Å². The van der Waals surface area contributed by atoms with Gasteiger partial charge < -0.3 is 10.6 Å². The Morgan fingerprint density at radius 3 is 1.89 bits per heavy atom. The smallest absolute Gasteiger partial charge is 0.258 e. The first kappa shape index (κ1) is 17.8. The van der Waals surface area contributed by atoms with Crippen LogP contribution >= 0.6 is 12.2 Å². The van der Waals surface area contributed by atoms with Crippen LogP contribution in [0.1, 0.15) is 11.1 Å². The Kier molecular flexibility index (Phi) is 4.81. The van der Waals surface area contributed by atoms with Crippen LogP contribution in [0.4, 0.5) is 23.3 Å². The topological polar surface area (TPSA) is 96.3 Å². The molecule has 140 valence electrons. The summed E-state index contributed by atoms with van der Waals surface area (Å²) in [7, 11) is 0. The number of rotatable bonds is 5. The molecule has 0 aliphatic carbocycles. The van der Waals surface area contributed by atoms with Crippen LogP contribution in [0.3, 0.4) is 0 Å². The third-order valence-corrected chi connectivity index (χ3v) is 4.21. The maximum Gasteiger partial charge on any atom is 0.258 e. The lowest BCUT2D eigenvalue weighted by atomic mass is 10.2. The highest BCUT2D eigenvalue weighted by Gasteiger charge is 2.11. The summed E-state index contributed by atoms with van der Waals surface area (Å²) >= 11 is 5.23. The Bertz CT molecular complexity index is 1110. The van der Waals surface area contributed by atoms with Crippen molar-refractivity contribution >= 4 is 35.5 Å². The molecule has 0 atom stereocenters. The van der Waals surface area contributed by atoms with E-state index in [1.165, 1.54) is 11.0 Å². The lowest BCUT2D eigenvalue weighted by molar-refractivity contribution is 0.789. The lowest BCUT2D eigenvalue weighted by Crippen LogP contribution is -2.10. The van der Waals surface area contributed by atoms with Crippen molar-refractivity contribution in [3.63, 3.8) is 0 Å². The summed E-state index contributed by atoms with van der Waals surface area (Å²) in [6, 6.07) is 15.9. The van der Waals surface area contributed by atoms with Crippen molar-refractivity contribution in [1.29, 1.82) is 0 Å². The maximum atomic E-state index is 5.23. The van der Waals surface area contributed by atoms with Gasteiger partial charge in [0.25, 0.3) is 5.95 Å². The van der Waals surface area contributed by atoms with Gasteiger partial charge in [0, 0.05) is 11.4 Å². The van der Waals surface area contributed by atoms with Crippen molar-refractivity contribution in [1.82, 2.24) is 29.7 Å². The van der Waals surface area contributed by atoms with Crippen LogP contribution in [-0.4, -0.2) is 29.7 Å². The molecule has 0 saturated carbocycles. The molecule has 28 heavy (non-hydrogen) atoms. The summed E-state index contributed by atoms with van der Waals surface area (Å²) in [4.78, 5) is 17.5. The van der Waals surface area contributed by atoms with Gasteiger partial charge in [0.15, 0.2) is 0 Å². The van der Waals surface area contributed by atoms with E-state index in [4.69, 9.17) is 12.2 Å². The van der Waals surface area contributed by atoms with Gasteiger partial charge >= 0.3 is 0 Å². The summed E-state index contributed by atoms with van der Waals surface area (Å²) in [5.74, 6) is 1.12. The Morgan fingerprint density at radius 1 is 0.857 bits per heavy atom. The standard InChI is InChI=1S/C19H18N8S/c1-12-5-3-7-14(9-12)22-16-24-17(23-15-8-4-6-13(2)10-15)26-18(25-16)27-19(28)20-11-21-27/h3-11H,1-2H3,(H,20,21,28)(H2,22,23,24,25,26). The Labute approximate surface area is 166 Å². The van der Waals surface area contributed by atoms with Crippen LogP contribution in [0.2, 0.25) is 0 Å². The molecule has 0 bridgehead atoms. The first-order valence-electron chi connectivity index (χ1n) is 8.63. The molecule has 8 nitrogen and oxygen atoms in total. The second-order valence-corrected chi connectivity index (χ2v) is 6.64. The molecule has 3 N–H and O–H groups in total. The van der Waals surface area contributed by atoms with Crippen LogP contribution in [0.25, 0.3) is 5.95 Å². The predicted molar refractivity (Wildman–Crippen MR) is 111 cm³/mol. The van der Waals surface area contributed by atoms with Gasteiger partial charge in [-0.05, 0) is 61.5 Å². The molecule has 0 aliphatic heterocycles. The van der Waals surface area contributed by atoms with Crippen molar-refractivity contribution in [2.24, 2.45) is 0 Å². The van der Waals surface area contributed by atoms with Gasteiger partial charge in [0.2, 0.25) is 16.7 Å². The molecule has 0 radical (unpaired) electrons. The lowest BCUT2D eigenvalue weighted by Gasteiger charge is -2.11. The van der Waals surface area contributed by atoms with E-state index in [0.29, 0.717) is 22.6 Å². The minimum Gasteiger partial charge on any atom is -0.324 e. The number of hydrogen-bond acceptors (Lipinski definition) is 7. The number of nitrogens with one attached hydrogen (secondary N) is 3. The van der Waals surface area contributed by atoms with Crippen LogP contribution in [-0.2, 0) is 0 Å². The number of aromatic nitrogens is 6. The second kappa shape index (κ2) is 7.57. The minimum absolute atomic E-state index is 0.328. The molecule has 4 aromatic rings. The fourth-order valence-electron chi connectivity index (χ4n) is 2.68. The number of nitrogens with zero attached hydrogens (tertiary/aromatic N) is 5. The summed E-state index contributed by atoms with van der Waals surface area (Å²) in [6.07, 6.45) is 1.49. The van der Waals surface area contributed by atoms with E-state index >= 15 is 0 Å². The Hall–Kier alpha value is -3.59. The molecule has 2 heterocycles. The second-order valence-electron chi connectivity index (χ2n) is 6.28. The average molecular weight is 390 g/mol. The summed E-state index contributed by atoms with van der Waals surface area (Å²) in [6.45, 7) is 4.05. The zero-order valence-corrected chi connectivity index (χ0v) is 16.2. The molecular formula is C19H18N8S. The van der Waals surface area contributed by atoms with Gasteiger partial charge in [-0.2, -0.15) is 19.6 Å². The summed E-state index contributed by atoms with van der Waals surface area (Å²) in [5, 5.41) is 9.36. The number of H-pyrrole nitrogens is 1. The van der Waals surface area contributed by atoms with Crippen LogP contribution in [0.5, 0.6) is 0 Å². The van der Waals surface area contributed by atoms with Crippen molar-refractivity contribution in [3.8, 4) is 5.95 Å². The fourth-order valence-corrected chi connectivity index (χ4v) is 2.87. The highest BCUT2D eigenvalue weighted by Crippen LogP contribution is 2.19. The largest absolute Gasteiger partial charge is 0.324 e. The number of anilines is 4. The molecule has 9 heteroatoms. The molecule has 0 amide bonds. The van der Waals surface area contributed by atoms with Crippen molar-refractivity contribution < 1.29 is 0 Å². The quantitative estimate of drug-likeness (QED) is 0.439.